The molecule has 6 atom stereocenters. The Morgan fingerprint density at radius 2 is 0.860 bits per heavy atom. The average Bonchev–Trinajstić information content (AvgIpc) is 1.49. The van der Waals surface area contributed by atoms with Crippen LogP contribution in [0.15, 0.2) is 68.2 Å². The number of aromatic nitrogens is 3. The van der Waals surface area contributed by atoms with E-state index in [0.717, 1.165) is 74.2 Å². The van der Waals surface area contributed by atoms with Gasteiger partial charge in [0.1, 0.15) is 71.2 Å². The number of primary amides is 3. The summed E-state index contributed by atoms with van der Waals surface area (Å²) in [6, 6.07) is -4.69. The summed E-state index contributed by atoms with van der Waals surface area (Å²) in [5, 5.41) is 19.9. The Morgan fingerprint density at radius 3 is 1.23 bits per heavy atom. The molecule has 4 aliphatic rings. The third-order valence-corrected chi connectivity index (χ3v) is 21.8. The lowest BCUT2D eigenvalue weighted by atomic mass is 9.97. The van der Waals surface area contributed by atoms with E-state index in [0.29, 0.717) is 6.42 Å². The fourth-order valence-electron chi connectivity index (χ4n) is 10.1. The third kappa shape index (κ3) is 24.6. The van der Waals surface area contributed by atoms with E-state index < -0.39 is 186 Å². The van der Waals surface area contributed by atoms with Crippen molar-refractivity contribution in [3.63, 3.8) is 0 Å². The van der Waals surface area contributed by atoms with E-state index in [4.69, 9.17) is 65.6 Å². The Hall–Kier alpha value is -10.8. The Morgan fingerprint density at radius 1 is 0.500 bits per heavy atom. The van der Waals surface area contributed by atoms with Gasteiger partial charge in [0.25, 0.3) is 35.4 Å². The highest BCUT2D eigenvalue weighted by atomic mass is 32.2. The number of nitrogens with two attached hydrogens (primary N) is 4. The molecule has 618 valence electrons. The number of allylic oxidation sites excluding steroid dienone is 3. The molecule has 0 aromatic carbocycles. The number of β-lactam (4-membered cyclic amide) rings is 1. The molecule has 0 aliphatic carbocycles. The minimum absolute atomic E-state index is 0.0129. The molecule has 3 aromatic heterocycles. The van der Waals surface area contributed by atoms with Crippen molar-refractivity contribution in [3.05, 3.63) is 85.3 Å². The number of hydrogen-bond donors (Lipinski definition) is 11. The average molecular weight is 1700 g/mol. The maximum absolute atomic E-state index is 15.2. The summed E-state index contributed by atoms with van der Waals surface area (Å²) >= 11 is 5.71. The monoisotopic (exact) mass is 1700 g/mol. The van der Waals surface area contributed by atoms with Gasteiger partial charge in [-0.1, -0.05) is 39.0 Å². The van der Waals surface area contributed by atoms with E-state index in [2.05, 4.69) is 52.2 Å². The van der Waals surface area contributed by atoms with Crippen LogP contribution < -0.4 is 60.2 Å². The summed E-state index contributed by atoms with van der Waals surface area (Å²) < 4.78 is 46.3. The fourth-order valence-corrected chi connectivity index (χ4v) is 15.8. The van der Waals surface area contributed by atoms with Gasteiger partial charge >= 0.3 is 54.1 Å². The van der Waals surface area contributed by atoms with E-state index in [1.165, 1.54) is 28.3 Å². The zero-order valence-corrected chi connectivity index (χ0v) is 68.7. The predicted molar refractivity (Wildman–Crippen MR) is 418 cm³/mol. The number of nitrogens with one attached hydrogen (secondary N) is 7. The van der Waals surface area contributed by atoms with Gasteiger partial charge in [-0.25, -0.2) is 43.7 Å². The molecular weight excluding hydrogens is 1620 g/mol. The van der Waals surface area contributed by atoms with Gasteiger partial charge in [0.2, 0.25) is 20.4 Å². The second kappa shape index (κ2) is 40.3. The van der Waals surface area contributed by atoms with E-state index in [1.807, 2.05) is 0 Å². The summed E-state index contributed by atoms with van der Waals surface area (Å²) in [4.78, 5) is 217. The zero-order valence-electron chi connectivity index (χ0n) is 63.8. The highest BCUT2D eigenvalue weighted by molar-refractivity contribution is 8.00. The van der Waals surface area contributed by atoms with Crippen LogP contribution in [-0.2, 0) is 100 Å². The predicted octanol–water partition coefficient (Wildman–Crippen LogP) is 4.31. The second-order valence-corrected chi connectivity index (χ2v) is 33.6. The molecule has 1 fully saturated rings. The summed E-state index contributed by atoms with van der Waals surface area (Å²) in [7, 11) is 0. The van der Waals surface area contributed by atoms with E-state index in [1.54, 1.807) is 89.2 Å². The Balaban J connectivity index is 1.18. The second-order valence-electron chi connectivity index (χ2n) is 27.6. The lowest BCUT2D eigenvalue weighted by Gasteiger charge is -2.49. The number of rotatable bonds is 33. The summed E-state index contributed by atoms with van der Waals surface area (Å²) in [5.41, 5.74) is 17.9. The maximum atomic E-state index is 15.2. The van der Waals surface area contributed by atoms with Crippen molar-refractivity contribution in [1.82, 2.24) is 46.4 Å². The number of esters is 6. The molecule has 0 bridgehead atoms. The van der Waals surface area contributed by atoms with Gasteiger partial charge < -0.3 is 103 Å². The summed E-state index contributed by atoms with van der Waals surface area (Å²) in [6.45, 7) is 15.1. The van der Waals surface area contributed by atoms with E-state index in [-0.39, 0.29) is 107 Å². The van der Waals surface area contributed by atoms with E-state index in [9.17, 15) is 62.3 Å². The van der Waals surface area contributed by atoms with Gasteiger partial charge in [-0.2, -0.15) is 0 Å². The molecule has 39 nitrogen and oxygen atoms in total. The lowest BCUT2D eigenvalue weighted by Crippen LogP contribution is -2.70. The number of fused-ring (bicyclic) bond motifs is 1. The Bertz CT molecular complexity index is 4450. The van der Waals surface area contributed by atoms with Gasteiger partial charge in [0, 0.05) is 50.1 Å². The Kier molecular flexibility index (Phi) is 32.0. The molecule has 0 radical (unpaired) electrons. The highest BCUT2D eigenvalue weighted by Gasteiger charge is 2.55. The number of hydrogen-bond acceptors (Lipinski definition) is 36. The number of amides is 9. The van der Waals surface area contributed by atoms with Crippen molar-refractivity contribution in [3.8, 4) is 0 Å². The first-order valence-corrected chi connectivity index (χ1v) is 40.4. The first kappa shape index (κ1) is 90.4. The number of thioether (sulfide) groups is 3. The molecular formula is C69H87N15O24S6. The topological polar surface area (TPSA) is 569 Å². The normalized spacial score (nSPS) is 17.8. The van der Waals surface area contributed by atoms with Gasteiger partial charge in [-0.05, 0) is 81.6 Å². The van der Waals surface area contributed by atoms with Crippen LogP contribution in [0.4, 0.5) is 29.8 Å². The van der Waals surface area contributed by atoms with Crippen LogP contribution in [0.1, 0.15) is 119 Å². The van der Waals surface area contributed by atoms with Crippen LogP contribution >= 0.6 is 69.3 Å². The standard InChI is InChI=1S/C69H87N15O24S6/c1-13-16-34(37-25-112-61(70)74-37)46(85)77-42(51-80-40(31(22-109-51)19-100-62(71)97)55(91)103-28-106-58(94)67(4,5)6)49(88)82-65-75-38(26-113-65)35(17-14-2)47(86)78-43(52-81-41(32(23-110-52)20-101-63(72)98)56(92)104-29-107-59(95)68(7,8)9)50(89)83-66-76-39(27-114-66)36(18-15-3)48(87)79-44-53(90)84-45(33(21-102-64(73)99)24-111-54(44)84)57(93)105-30-108-60(96)69(10,11)12/h16-18,25-27,42-44,51-52,54,80-81H,13-15,19-24,28-30H2,1-12H3,(H2,70,74)(H2,71,97)(H2,72,98)(H2,73,99)(H,77,85)(H,78,86)(H,79,87)(H,75,82,88)(H,76,83,89)/b34-16-,35-17-,36-18-/t42-,43-,44-,51-,52-,54-/m1/s1. The van der Waals surface area contributed by atoms with Crippen molar-refractivity contribution >= 4 is 191 Å². The molecule has 0 spiro atoms. The maximum Gasteiger partial charge on any atom is 0.404 e. The molecule has 114 heavy (non-hydrogen) atoms. The number of thiazole rings is 3. The minimum atomic E-state index is -1.77. The SMILES string of the molecule is CC/C=C(\C(=O)N[C@H](C(=O)Nc1nc(/C(=C/CC)C(=O)N[C@H](C(=O)Nc2nc(/C(=C/CC)C(=O)N[C@@H]3C(=O)N4C(C(=O)OCOC(=O)C(C)(C)C)=C(COC(N)=O)CS[C@H]34)cs2)[C@@H]2NC(C(=O)OCOC(=O)C(C)(C)C)=C(COC(N)=O)CS2)cs1)[C@@H]1NC(C(=O)OCOC(=O)C(C)(C)C)=C(COC(N)=O)CS1)c1csc(N)n1. The van der Waals surface area contributed by atoms with Crippen LogP contribution in [-0.4, -0.2) is 201 Å². The number of nitrogens with zero attached hydrogens (tertiary/aromatic N) is 4. The van der Waals surface area contributed by atoms with Crippen LogP contribution in [0.3, 0.4) is 0 Å². The number of anilines is 3. The van der Waals surface area contributed by atoms with Gasteiger partial charge in [0.15, 0.2) is 15.4 Å². The number of carbonyl (C=O) groups excluding carboxylic acids is 15. The van der Waals surface area contributed by atoms with Gasteiger partial charge in [-0.3, -0.25) is 48.1 Å². The first-order chi connectivity index (χ1) is 53.6. The van der Waals surface area contributed by atoms with Gasteiger partial charge in [-0.15, -0.1) is 69.3 Å². The smallest absolute Gasteiger partial charge is 0.404 e. The van der Waals surface area contributed by atoms with Crippen LogP contribution in [0.5, 0.6) is 0 Å². The Labute approximate surface area is 677 Å². The molecule has 4 aliphatic heterocycles. The first-order valence-electron chi connectivity index (χ1n) is 34.6. The molecule has 15 N–H and O–H groups in total. The number of carbonyl (C=O) groups is 15. The largest absolute Gasteiger partial charge is 0.445 e. The summed E-state index contributed by atoms with van der Waals surface area (Å²) in [5.74, 6) is -11.3. The molecule has 7 rings (SSSR count). The molecule has 0 unspecified atom stereocenters. The highest BCUT2D eigenvalue weighted by Crippen LogP contribution is 2.42. The van der Waals surface area contributed by atoms with Crippen LogP contribution in [0, 0.1) is 16.2 Å². The van der Waals surface area contributed by atoms with Crippen molar-refractivity contribution in [2.75, 3.05) is 73.8 Å². The number of nitrogen functional groups attached to an aromatic ring is 1. The van der Waals surface area contributed by atoms with Gasteiger partial charge in [0.05, 0.1) is 50.0 Å². The third-order valence-electron chi connectivity index (χ3n) is 15.8. The fraction of sp³-hybridized carbons (Fsp3) is 0.478. The van der Waals surface area contributed by atoms with Crippen molar-refractivity contribution in [1.29, 1.82) is 0 Å². The van der Waals surface area contributed by atoms with E-state index >= 15 is 9.59 Å². The zero-order chi connectivity index (χ0) is 84.3. The van der Waals surface area contributed by atoms with Crippen LogP contribution in [0.25, 0.3) is 16.7 Å². The van der Waals surface area contributed by atoms with Crippen molar-refractivity contribution in [2.24, 2.45) is 33.4 Å². The van der Waals surface area contributed by atoms with Crippen molar-refractivity contribution < 1.29 is 115 Å². The lowest BCUT2D eigenvalue weighted by molar-refractivity contribution is -0.174. The van der Waals surface area contributed by atoms with Crippen LogP contribution in [0.2, 0.25) is 0 Å². The quantitative estimate of drug-likeness (QED) is 0.0133. The molecule has 45 heteroatoms. The number of ether oxygens (including phenoxy) is 9. The minimum Gasteiger partial charge on any atom is -0.445 e. The molecule has 3 aromatic rings. The molecule has 0 saturated carbocycles. The summed E-state index contributed by atoms with van der Waals surface area (Å²) in [6.07, 6.45) is 1.58. The van der Waals surface area contributed by atoms with Crippen molar-refractivity contribution in [2.45, 2.75) is 137 Å². The molecule has 7 heterocycles. The molecule has 1 saturated heterocycles. The molecule has 9 amide bonds.